The zero-order chi connectivity index (χ0) is 15.4. The van der Waals surface area contributed by atoms with Crippen molar-refractivity contribution in [1.29, 1.82) is 0 Å². The van der Waals surface area contributed by atoms with Crippen molar-refractivity contribution in [1.82, 2.24) is 0 Å². The lowest BCUT2D eigenvalue weighted by Gasteiger charge is -2.31. The Morgan fingerprint density at radius 1 is 1.11 bits per heavy atom. The standard InChI is InChI=1S/C9H20O8S2/c1-3-4-19(16,17)9(18(14)15)8(13)7(12)6(11)5(2)10/h5-13H,3-4H2,1-2H3,(H,14,15)/p-1/t5-,6-,7+,8+,9?/m0/s1. The molecule has 19 heavy (non-hydrogen) atoms. The molecule has 10 heteroatoms. The van der Waals surface area contributed by atoms with Crippen LogP contribution in [-0.2, 0) is 20.9 Å². The molecule has 0 aromatic heterocycles. The summed E-state index contributed by atoms with van der Waals surface area (Å²) in [7, 11) is -4.19. The maximum Gasteiger partial charge on any atom is 0.166 e. The summed E-state index contributed by atoms with van der Waals surface area (Å²) < 4.78 is 43.1. The first kappa shape index (κ1) is 18.9. The Hall–Kier alpha value is -0.100. The Bertz CT molecular complexity index is 393. The lowest BCUT2D eigenvalue weighted by molar-refractivity contribution is -0.0961. The van der Waals surface area contributed by atoms with E-state index < -0.39 is 55.7 Å². The third kappa shape index (κ3) is 5.06. The molecule has 0 aliphatic rings. The molecule has 2 unspecified atom stereocenters. The summed E-state index contributed by atoms with van der Waals surface area (Å²) in [4.78, 5) is 0. The second-order valence-electron chi connectivity index (χ2n) is 4.21. The molecule has 0 rings (SSSR count). The minimum absolute atomic E-state index is 0.137. The molecule has 6 atom stereocenters. The van der Waals surface area contributed by atoms with Crippen LogP contribution in [0.5, 0.6) is 0 Å². The molecule has 0 amide bonds. The second kappa shape index (κ2) is 7.62. The summed E-state index contributed by atoms with van der Waals surface area (Å²) in [6.07, 6.45) is -7.54. The fourth-order valence-corrected chi connectivity index (χ4v) is 4.52. The number of sulfone groups is 1. The molecule has 116 valence electrons. The van der Waals surface area contributed by atoms with E-state index in [1.807, 2.05) is 0 Å². The zero-order valence-electron chi connectivity index (χ0n) is 10.5. The number of hydrogen-bond acceptors (Lipinski definition) is 8. The van der Waals surface area contributed by atoms with Crippen LogP contribution in [0, 0.1) is 0 Å². The smallest absolute Gasteiger partial charge is 0.166 e. The summed E-state index contributed by atoms with van der Waals surface area (Å²) in [5, 5.41) is 37.5. The normalized spacial score (nSPS) is 22.3. The first-order valence-electron chi connectivity index (χ1n) is 5.58. The maximum absolute atomic E-state index is 11.7. The summed E-state index contributed by atoms with van der Waals surface area (Å²) in [5.74, 6) is -0.486. The molecule has 8 nitrogen and oxygen atoms in total. The number of rotatable bonds is 8. The van der Waals surface area contributed by atoms with Gasteiger partial charge in [-0.15, -0.1) is 0 Å². The Morgan fingerprint density at radius 2 is 1.58 bits per heavy atom. The van der Waals surface area contributed by atoms with Gasteiger partial charge in [0.15, 0.2) is 14.4 Å². The van der Waals surface area contributed by atoms with Gasteiger partial charge in [-0.05, 0) is 24.4 Å². The zero-order valence-corrected chi connectivity index (χ0v) is 12.2. The predicted molar refractivity (Wildman–Crippen MR) is 66.5 cm³/mol. The third-order valence-corrected chi connectivity index (χ3v) is 6.48. The molecule has 0 saturated heterocycles. The van der Waals surface area contributed by atoms with Gasteiger partial charge < -0.3 is 25.0 Å². The lowest BCUT2D eigenvalue weighted by atomic mass is 10.1. The van der Waals surface area contributed by atoms with Gasteiger partial charge in [-0.3, -0.25) is 4.21 Å². The SMILES string of the molecule is CCCS(=O)(=O)C([C@H](O)[C@H](O)[C@@H](O)[C@H](C)O)S(=O)[O-]. The fourth-order valence-electron chi connectivity index (χ4n) is 1.50. The first-order chi connectivity index (χ1) is 8.56. The summed E-state index contributed by atoms with van der Waals surface area (Å²) in [6, 6.07) is 0. The largest absolute Gasteiger partial charge is 0.771 e. The molecule has 0 spiro atoms. The monoisotopic (exact) mass is 319 g/mol. The van der Waals surface area contributed by atoms with Gasteiger partial charge in [0.05, 0.1) is 11.9 Å². The van der Waals surface area contributed by atoms with E-state index >= 15 is 0 Å². The van der Waals surface area contributed by atoms with Crippen molar-refractivity contribution in [3.63, 3.8) is 0 Å². The predicted octanol–water partition coefficient (Wildman–Crippen LogP) is -2.52. The average Bonchev–Trinajstić information content (AvgIpc) is 2.25. The number of aliphatic hydroxyl groups is 4. The van der Waals surface area contributed by atoms with E-state index in [1.54, 1.807) is 0 Å². The minimum atomic E-state index is -4.19. The fraction of sp³-hybridized carbons (Fsp3) is 1.00. The molecule has 0 bridgehead atoms. The topological polar surface area (TPSA) is 155 Å². The second-order valence-corrected chi connectivity index (χ2v) is 7.78. The van der Waals surface area contributed by atoms with E-state index in [0.29, 0.717) is 0 Å². The van der Waals surface area contributed by atoms with Crippen LogP contribution in [0.4, 0.5) is 0 Å². The van der Waals surface area contributed by atoms with E-state index in [2.05, 4.69) is 0 Å². The van der Waals surface area contributed by atoms with Crippen molar-refractivity contribution in [3.8, 4) is 0 Å². The van der Waals surface area contributed by atoms with Gasteiger partial charge >= 0.3 is 0 Å². The van der Waals surface area contributed by atoms with E-state index in [0.717, 1.165) is 6.92 Å². The van der Waals surface area contributed by atoms with Crippen LogP contribution < -0.4 is 0 Å². The van der Waals surface area contributed by atoms with Gasteiger partial charge in [0.2, 0.25) is 0 Å². The van der Waals surface area contributed by atoms with Crippen molar-refractivity contribution in [3.05, 3.63) is 0 Å². The summed E-state index contributed by atoms with van der Waals surface area (Å²) in [6.45, 7) is 2.61. The molecule has 0 heterocycles. The van der Waals surface area contributed by atoms with Gasteiger partial charge in [0.25, 0.3) is 0 Å². The number of hydrogen-bond donors (Lipinski definition) is 4. The molecular weight excluding hydrogens is 300 g/mol. The molecule has 0 aliphatic heterocycles. The molecular formula is C9H19O8S2-. The average molecular weight is 319 g/mol. The Morgan fingerprint density at radius 3 is 1.89 bits per heavy atom. The summed E-state index contributed by atoms with van der Waals surface area (Å²) in [5.41, 5.74) is 0. The highest BCUT2D eigenvalue weighted by Gasteiger charge is 2.40. The van der Waals surface area contributed by atoms with Crippen molar-refractivity contribution in [2.45, 2.75) is 49.3 Å². The third-order valence-electron chi connectivity index (χ3n) is 2.51. The van der Waals surface area contributed by atoms with Crippen molar-refractivity contribution >= 4 is 20.9 Å². The van der Waals surface area contributed by atoms with Crippen LogP contribution >= 0.6 is 0 Å². The van der Waals surface area contributed by atoms with E-state index in [9.17, 15) is 32.5 Å². The highest BCUT2D eigenvalue weighted by molar-refractivity contribution is 8.04. The van der Waals surface area contributed by atoms with Crippen LogP contribution in [-0.4, -0.2) is 72.4 Å². The summed E-state index contributed by atoms with van der Waals surface area (Å²) >= 11 is -3.20. The van der Waals surface area contributed by atoms with Crippen LogP contribution in [0.3, 0.4) is 0 Å². The molecule has 0 saturated carbocycles. The molecule has 0 aliphatic carbocycles. The minimum Gasteiger partial charge on any atom is -0.771 e. The van der Waals surface area contributed by atoms with Crippen LogP contribution in [0.25, 0.3) is 0 Å². The van der Waals surface area contributed by atoms with Gasteiger partial charge in [-0.1, -0.05) is 6.92 Å². The molecule has 0 fully saturated rings. The molecule has 0 radical (unpaired) electrons. The van der Waals surface area contributed by atoms with Gasteiger partial charge in [0.1, 0.15) is 18.3 Å². The van der Waals surface area contributed by atoms with Gasteiger partial charge in [-0.2, -0.15) is 0 Å². The Labute approximate surface area is 114 Å². The van der Waals surface area contributed by atoms with Gasteiger partial charge in [0, 0.05) is 0 Å². The lowest BCUT2D eigenvalue weighted by Crippen LogP contribution is -2.52. The highest BCUT2D eigenvalue weighted by Crippen LogP contribution is 2.18. The van der Waals surface area contributed by atoms with Crippen molar-refractivity contribution in [2.24, 2.45) is 0 Å². The van der Waals surface area contributed by atoms with Crippen LogP contribution in [0.15, 0.2) is 0 Å². The quantitative estimate of drug-likeness (QED) is 0.357. The Kier molecular flexibility index (Phi) is 7.58. The van der Waals surface area contributed by atoms with Crippen molar-refractivity contribution < 1.29 is 37.6 Å². The van der Waals surface area contributed by atoms with Crippen molar-refractivity contribution in [2.75, 3.05) is 5.75 Å². The van der Waals surface area contributed by atoms with E-state index in [-0.39, 0.29) is 6.42 Å². The van der Waals surface area contributed by atoms with E-state index in [4.69, 9.17) is 5.11 Å². The van der Waals surface area contributed by atoms with Crippen LogP contribution in [0.1, 0.15) is 20.3 Å². The maximum atomic E-state index is 11.7. The molecule has 0 aromatic carbocycles. The highest BCUT2D eigenvalue weighted by atomic mass is 32.3. The Balaban J connectivity index is 5.27. The first-order valence-corrected chi connectivity index (χ1v) is 8.43. The van der Waals surface area contributed by atoms with E-state index in [1.165, 1.54) is 6.92 Å². The number of aliphatic hydroxyl groups excluding tert-OH is 4. The van der Waals surface area contributed by atoms with Crippen LogP contribution in [0.2, 0.25) is 0 Å². The van der Waals surface area contributed by atoms with Gasteiger partial charge in [-0.25, -0.2) is 8.42 Å². The molecule has 0 aromatic rings. The molecule has 4 N–H and O–H groups in total.